The minimum Gasteiger partial charge on any atom is -0.349 e. The predicted molar refractivity (Wildman–Crippen MR) is 101 cm³/mol. The Balaban J connectivity index is 1.78. The van der Waals surface area contributed by atoms with Crippen LogP contribution in [-0.2, 0) is 0 Å². The highest BCUT2D eigenvalue weighted by Gasteiger charge is 2.22. The summed E-state index contributed by atoms with van der Waals surface area (Å²) in [6.07, 6.45) is 4.94. The van der Waals surface area contributed by atoms with Crippen LogP contribution in [-0.4, -0.2) is 35.4 Å². The van der Waals surface area contributed by atoms with Crippen LogP contribution < -0.4 is 16.0 Å². The van der Waals surface area contributed by atoms with Gasteiger partial charge in [-0.25, -0.2) is 0 Å². The SMILES string of the molecule is Cc1cccc(C(=O)NC2CCNC(C)C2)c1NC(=O)c1ccncc1. The van der Waals surface area contributed by atoms with E-state index in [1.807, 2.05) is 19.1 Å². The summed E-state index contributed by atoms with van der Waals surface area (Å²) >= 11 is 0. The van der Waals surface area contributed by atoms with E-state index in [9.17, 15) is 9.59 Å². The van der Waals surface area contributed by atoms with Crippen molar-refractivity contribution in [2.24, 2.45) is 0 Å². The molecule has 1 aromatic heterocycles. The maximum Gasteiger partial charge on any atom is 0.255 e. The summed E-state index contributed by atoms with van der Waals surface area (Å²) in [5.74, 6) is -0.413. The van der Waals surface area contributed by atoms with Gasteiger partial charge in [-0.15, -0.1) is 0 Å². The molecule has 1 fully saturated rings. The minimum atomic E-state index is -0.258. The van der Waals surface area contributed by atoms with Crippen molar-refractivity contribution in [3.63, 3.8) is 0 Å². The smallest absolute Gasteiger partial charge is 0.255 e. The third-order valence-corrected chi connectivity index (χ3v) is 4.66. The summed E-state index contributed by atoms with van der Waals surface area (Å²) in [5, 5.41) is 9.36. The fourth-order valence-electron chi connectivity index (χ4n) is 3.24. The minimum absolute atomic E-state index is 0.142. The lowest BCUT2D eigenvalue weighted by Crippen LogP contribution is -2.46. The van der Waals surface area contributed by atoms with Crippen LogP contribution in [0.3, 0.4) is 0 Å². The van der Waals surface area contributed by atoms with Gasteiger partial charge in [-0.1, -0.05) is 12.1 Å². The van der Waals surface area contributed by atoms with Crippen molar-refractivity contribution in [2.75, 3.05) is 11.9 Å². The summed E-state index contributed by atoms with van der Waals surface area (Å²) < 4.78 is 0. The zero-order chi connectivity index (χ0) is 18.5. The first-order valence-electron chi connectivity index (χ1n) is 8.90. The maximum absolute atomic E-state index is 12.8. The molecule has 1 saturated heterocycles. The zero-order valence-corrected chi connectivity index (χ0v) is 15.1. The highest BCUT2D eigenvalue weighted by Crippen LogP contribution is 2.22. The van der Waals surface area contributed by atoms with Gasteiger partial charge < -0.3 is 16.0 Å². The number of amides is 2. The first kappa shape index (κ1) is 18.1. The van der Waals surface area contributed by atoms with Gasteiger partial charge in [-0.3, -0.25) is 14.6 Å². The van der Waals surface area contributed by atoms with Crippen molar-refractivity contribution in [3.05, 3.63) is 59.4 Å². The molecule has 2 aromatic rings. The average Bonchev–Trinajstić information content (AvgIpc) is 2.64. The molecule has 0 spiro atoms. The molecule has 0 saturated carbocycles. The Kier molecular flexibility index (Phi) is 5.63. The molecular weight excluding hydrogens is 328 g/mol. The molecule has 1 aliphatic heterocycles. The maximum atomic E-state index is 12.8. The molecule has 6 heteroatoms. The van der Waals surface area contributed by atoms with Crippen LogP contribution in [0.5, 0.6) is 0 Å². The third kappa shape index (κ3) is 4.26. The van der Waals surface area contributed by atoms with E-state index >= 15 is 0 Å². The number of carbonyl (C=O) groups is 2. The van der Waals surface area contributed by atoms with E-state index in [0.29, 0.717) is 22.9 Å². The number of nitrogens with zero attached hydrogens (tertiary/aromatic N) is 1. The predicted octanol–water partition coefficient (Wildman–Crippen LogP) is 2.51. The van der Waals surface area contributed by atoms with Gasteiger partial charge >= 0.3 is 0 Å². The van der Waals surface area contributed by atoms with Crippen molar-refractivity contribution in [1.29, 1.82) is 0 Å². The van der Waals surface area contributed by atoms with Crippen molar-refractivity contribution in [2.45, 2.75) is 38.8 Å². The van der Waals surface area contributed by atoms with Crippen LogP contribution in [0, 0.1) is 6.92 Å². The lowest BCUT2D eigenvalue weighted by molar-refractivity contribution is 0.0926. The van der Waals surface area contributed by atoms with Crippen molar-refractivity contribution < 1.29 is 9.59 Å². The van der Waals surface area contributed by atoms with Gasteiger partial charge in [0, 0.05) is 30.0 Å². The van der Waals surface area contributed by atoms with Gasteiger partial charge in [0.2, 0.25) is 0 Å². The molecule has 26 heavy (non-hydrogen) atoms. The normalized spacial score (nSPS) is 19.6. The Morgan fingerprint density at radius 2 is 1.92 bits per heavy atom. The van der Waals surface area contributed by atoms with E-state index in [1.165, 1.54) is 0 Å². The van der Waals surface area contributed by atoms with Gasteiger partial charge in [0.1, 0.15) is 0 Å². The highest BCUT2D eigenvalue weighted by molar-refractivity contribution is 6.09. The van der Waals surface area contributed by atoms with Crippen LogP contribution in [0.2, 0.25) is 0 Å². The molecule has 2 unspecified atom stereocenters. The van der Waals surface area contributed by atoms with Gasteiger partial charge in [0.25, 0.3) is 11.8 Å². The summed E-state index contributed by atoms with van der Waals surface area (Å²) in [6.45, 7) is 4.89. The van der Waals surface area contributed by atoms with Crippen molar-refractivity contribution in [1.82, 2.24) is 15.6 Å². The number of aryl methyl sites for hydroxylation is 1. The molecule has 136 valence electrons. The molecule has 6 nitrogen and oxygen atoms in total. The van der Waals surface area contributed by atoms with Crippen LogP contribution in [0.25, 0.3) is 0 Å². The number of benzene rings is 1. The molecule has 2 heterocycles. The quantitative estimate of drug-likeness (QED) is 0.789. The molecule has 0 aliphatic carbocycles. The van der Waals surface area contributed by atoms with Crippen LogP contribution >= 0.6 is 0 Å². The fraction of sp³-hybridized carbons (Fsp3) is 0.350. The second-order valence-electron chi connectivity index (χ2n) is 6.74. The van der Waals surface area contributed by atoms with Crippen molar-refractivity contribution in [3.8, 4) is 0 Å². The number of piperidine rings is 1. The van der Waals surface area contributed by atoms with E-state index in [0.717, 1.165) is 24.9 Å². The van der Waals surface area contributed by atoms with E-state index in [4.69, 9.17) is 0 Å². The first-order chi connectivity index (χ1) is 12.5. The average molecular weight is 352 g/mol. The topological polar surface area (TPSA) is 83.1 Å². The van der Waals surface area contributed by atoms with Crippen LogP contribution in [0.1, 0.15) is 46.0 Å². The number of para-hydroxylation sites is 1. The van der Waals surface area contributed by atoms with Gasteiger partial charge in [0.15, 0.2) is 0 Å². The number of carbonyl (C=O) groups excluding carboxylic acids is 2. The van der Waals surface area contributed by atoms with Gasteiger partial charge in [-0.2, -0.15) is 0 Å². The van der Waals surface area contributed by atoms with E-state index in [1.54, 1.807) is 30.6 Å². The lowest BCUT2D eigenvalue weighted by atomic mass is 9.99. The molecule has 2 amide bonds. The Hall–Kier alpha value is -2.73. The summed E-state index contributed by atoms with van der Waals surface area (Å²) in [4.78, 5) is 29.2. The van der Waals surface area contributed by atoms with E-state index in [2.05, 4.69) is 27.9 Å². The third-order valence-electron chi connectivity index (χ3n) is 4.66. The monoisotopic (exact) mass is 352 g/mol. The number of anilines is 1. The molecule has 1 aromatic carbocycles. The Morgan fingerprint density at radius 3 is 2.65 bits per heavy atom. The number of aromatic nitrogens is 1. The Morgan fingerprint density at radius 1 is 1.15 bits per heavy atom. The Bertz CT molecular complexity index is 792. The molecule has 0 bridgehead atoms. The van der Waals surface area contributed by atoms with E-state index in [-0.39, 0.29) is 17.9 Å². The number of rotatable bonds is 4. The number of pyridine rings is 1. The molecular formula is C20H24N4O2. The summed E-state index contributed by atoms with van der Waals surface area (Å²) in [7, 11) is 0. The zero-order valence-electron chi connectivity index (χ0n) is 15.1. The van der Waals surface area contributed by atoms with Crippen molar-refractivity contribution >= 4 is 17.5 Å². The lowest BCUT2D eigenvalue weighted by Gasteiger charge is -2.29. The standard InChI is InChI=1S/C20H24N4O2/c1-13-4-3-5-17(20(26)23-16-8-11-22-14(2)12-16)18(13)24-19(25)15-6-9-21-10-7-15/h3-7,9-10,14,16,22H,8,11-12H2,1-2H3,(H,23,26)(H,24,25). The number of hydrogen-bond donors (Lipinski definition) is 3. The number of hydrogen-bond acceptors (Lipinski definition) is 4. The van der Waals surface area contributed by atoms with Crippen LogP contribution in [0.4, 0.5) is 5.69 Å². The first-order valence-corrected chi connectivity index (χ1v) is 8.90. The van der Waals surface area contributed by atoms with Gasteiger partial charge in [0.05, 0.1) is 11.3 Å². The van der Waals surface area contributed by atoms with Crippen LogP contribution in [0.15, 0.2) is 42.7 Å². The molecule has 0 radical (unpaired) electrons. The fourth-order valence-corrected chi connectivity index (χ4v) is 3.24. The summed E-state index contributed by atoms with van der Waals surface area (Å²) in [5.41, 5.74) is 2.38. The molecule has 1 aliphatic rings. The second-order valence-corrected chi connectivity index (χ2v) is 6.74. The second kappa shape index (κ2) is 8.10. The van der Waals surface area contributed by atoms with Gasteiger partial charge in [-0.05, 0) is 57.0 Å². The number of nitrogens with one attached hydrogen (secondary N) is 3. The molecule has 3 rings (SSSR count). The largest absolute Gasteiger partial charge is 0.349 e. The summed E-state index contributed by atoms with van der Waals surface area (Å²) in [6, 6.07) is 9.27. The highest BCUT2D eigenvalue weighted by atomic mass is 16.2. The molecule has 3 N–H and O–H groups in total. The van der Waals surface area contributed by atoms with E-state index < -0.39 is 0 Å². The molecule has 2 atom stereocenters. The Labute approximate surface area is 153 Å².